The predicted octanol–water partition coefficient (Wildman–Crippen LogP) is 9.43. The first kappa shape index (κ1) is 32.9. The van der Waals surface area contributed by atoms with Crippen molar-refractivity contribution >= 4 is 30.6 Å². The van der Waals surface area contributed by atoms with E-state index in [4.69, 9.17) is 54.3 Å². The molecule has 12 nitrogen and oxygen atoms in total. The number of hydrogen-bond donors (Lipinski definition) is 0. The first-order valence-corrected chi connectivity index (χ1v) is 18.7. The van der Waals surface area contributed by atoms with Gasteiger partial charge < -0.3 is 31.7 Å². The molecule has 0 bridgehead atoms. The van der Waals surface area contributed by atoms with Crippen LogP contribution >= 0.6 is 30.6 Å². The molecule has 1 unspecified atom stereocenters. The van der Waals surface area contributed by atoms with Crippen molar-refractivity contribution in [2.45, 2.75) is 55.4 Å². The molecule has 1 aromatic rings. The number of para-hydroxylation sites is 1. The molecule has 0 fully saturated rings. The molecule has 214 valence electrons. The van der Waals surface area contributed by atoms with Gasteiger partial charge in [-0.05, 0) is 67.0 Å². The normalized spacial score (nSPS) is 21.9. The molecular weight excluding hydrogens is 560 g/mol. The molecule has 1 aliphatic rings. The monoisotopic (exact) mass is 602 g/mol. The summed E-state index contributed by atoms with van der Waals surface area (Å²) >= 11 is 0. The van der Waals surface area contributed by atoms with Gasteiger partial charge in [0, 0.05) is 0 Å². The van der Waals surface area contributed by atoms with Crippen molar-refractivity contribution in [1.82, 2.24) is 0 Å². The third-order valence-corrected chi connectivity index (χ3v) is 16.1. The third-order valence-electron chi connectivity index (χ3n) is 4.30. The largest absolute Gasteiger partial charge is 0.422 e. The van der Waals surface area contributed by atoms with Crippen molar-refractivity contribution in [3.05, 3.63) is 29.8 Å². The molecule has 1 atom stereocenters. The van der Waals surface area contributed by atoms with Gasteiger partial charge >= 0.3 is 30.6 Å². The van der Waals surface area contributed by atoms with Gasteiger partial charge in [-0.15, -0.1) is 18.1 Å². The summed E-state index contributed by atoms with van der Waals surface area (Å²) < 4.78 is 69.5. The fraction of sp³-hybridized carbons (Fsp3) is 0.714. The minimum atomic E-state index is -3.60. The maximum atomic E-state index is 6.54. The van der Waals surface area contributed by atoms with Crippen molar-refractivity contribution in [2.24, 2.45) is 18.1 Å². The highest BCUT2D eigenvalue weighted by atomic mass is 31.3. The number of nitrogens with zero attached hydrogens (tertiary/aromatic N) is 4. The fourth-order valence-corrected chi connectivity index (χ4v) is 15.9. The van der Waals surface area contributed by atoms with Crippen LogP contribution in [0.25, 0.3) is 0 Å². The lowest BCUT2D eigenvalue weighted by molar-refractivity contribution is 0.240. The summed E-state index contributed by atoms with van der Waals surface area (Å²) in [5, 5.41) is 0. The van der Waals surface area contributed by atoms with E-state index >= 15 is 0 Å². The third kappa shape index (κ3) is 8.83. The Bertz CT molecular complexity index is 1060. The lowest BCUT2D eigenvalue weighted by atomic mass is 10.2. The second-order valence-electron chi connectivity index (χ2n) is 7.10. The van der Waals surface area contributed by atoms with Crippen LogP contribution in [0.4, 0.5) is 0 Å². The zero-order valence-corrected chi connectivity index (χ0v) is 26.7. The topological polar surface area (TPSA) is 123 Å². The first-order valence-electron chi connectivity index (χ1n) is 12.6. The second-order valence-corrected chi connectivity index (χ2v) is 15.9. The van der Waals surface area contributed by atoms with E-state index in [2.05, 4.69) is 0 Å². The summed E-state index contributed by atoms with van der Waals surface area (Å²) in [6, 6.07) is 7.54. The van der Waals surface area contributed by atoms with E-state index < -0.39 is 30.6 Å². The van der Waals surface area contributed by atoms with Crippen LogP contribution in [0.15, 0.2) is 42.3 Å². The van der Waals surface area contributed by atoms with Gasteiger partial charge in [-0.2, -0.15) is 0 Å². The minimum absolute atomic E-state index is 0.236. The average molecular weight is 602 g/mol. The summed E-state index contributed by atoms with van der Waals surface area (Å²) in [6.07, 6.45) is 0. The maximum Gasteiger partial charge on any atom is 0.402 e. The maximum absolute atomic E-state index is 6.54. The van der Waals surface area contributed by atoms with E-state index in [1.54, 1.807) is 0 Å². The molecule has 37 heavy (non-hydrogen) atoms. The quantitative estimate of drug-likeness (QED) is 0.171. The number of aryl methyl sites for hydroxylation is 1. The van der Waals surface area contributed by atoms with E-state index in [9.17, 15) is 0 Å². The predicted molar refractivity (Wildman–Crippen MR) is 151 cm³/mol. The van der Waals surface area contributed by atoms with Gasteiger partial charge in [0.1, 0.15) is 5.75 Å². The van der Waals surface area contributed by atoms with Crippen LogP contribution in [0, 0.1) is 6.92 Å². The Morgan fingerprint density at radius 2 is 0.784 bits per heavy atom. The van der Waals surface area contributed by atoms with Crippen LogP contribution in [-0.2, 0) is 31.7 Å². The van der Waals surface area contributed by atoms with Crippen LogP contribution in [0.1, 0.15) is 54.0 Å². The van der Waals surface area contributed by atoms with Crippen LogP contribution in [0.3, 0.4) is 0 Å². The Balaban J connectivity index is 3.13. The molecule has 0 saturated heterocycles. The number of hydrogen-bond acceptors (Lipinski definition) is 12. The Labute approximate surface area is 222 Å². The lowest BCUT2D eigenvalue weighted by Crippen LogP contribution is -2.05. The lowest BCUT2D eigenvalue weighted by Gasteiger charge is -2.32. The molecule has 0 aromatic heterocycles. The van der Waals surface area contributed by atoms with Crippen molar-refractivity contribution in [3.8, 4) is 5.75 Å². The van der Waals surface area contributed by atoms with Crippen molar-refractivity contribution < 1.29 is 36.2 Å². The zero-order valence-electron chi connectivity index (χ0n) is 23.1. The zero-order chi connectivity index (χ0) is 27.4. The van der Waals surface area contributed by atoms with E-state index in [0.29, 0.717) is 5.75 Å². The summed E-state index contributed by atoms with van der Waals surface area (Å²) in [6.45, 7) is 16.6. The highest BCUT2D eigenvalue weighted by Crippen LogP contribution is 2.80. The molecule has 0 N–H and O–H groups in total. The van der Waals surface area contributed by atoms with Gasteiger partial charge in [0.2, 0.25) is 0 Å². The average Bonchev–Trinajstić information content (AvgIpc) is 2.81. The number of rotatable bonds is 16. The SMILES string of the molecule is CCOP1(OCC)=NP(OCC)(OCC)=NP(OCC)(Oc2ccccc2C)=NP(OCC)(OCC)=N1. The van der Waals surface area contributed by atoms with Gasteiger partial charge in [0.15, 0.2) is 0 Å². The minimum Gasteiger partial charge on any atom is -0.422 e. The van der Waals surface area contributed by atoms with Crippen LogP contribution in [-0.4, -0.2) is 46.2 Å². The molecule has 0 aliphatic carbocycles. The van der Waals surface area contributed by atoms with Crippen LogP contribution in [0.2, 0.25) is 0 Å². The molecule has 0 amide bonds. The smallest absolute Gasteiger partial charge is 0.402 e. The van der Waals surface area contributed by atoms with E-state index in [1.807, 2.05) is 79.7 Å². The van der Waals surface area contributed by atoms with Gasteiger partial charge in [-0.1, -0.05) is 18.2 Å². The summed E-state index contributed by atoms with van der Waals surface area (Å²) in [5.41, 5.74) is 0.877. The Kier molecular flexibility index (Phi) is 13.7. The van der Waals surface area contributed by atoms with E-state index in [1.165, 1.54) is 0 Å². The van der Waals surface area contributed by atoms with Gasteiger partial charge in [-0.25, -0.2) is 0 Å². The van der Waals surface area contributed by atoms with Gasteiger partial charge in [-0.3, -0.25) is 4.52 Å². The highest BCUT2D eigenvalue weighted by Gasteiger charge is 2.43. The van der Waals surface area contributed by atoms with Crippen LogP contribution in [0.5, 0.6) is 5.75 Å². The number of benzene rings is 1. The molecule has 0 saturated carbocycles. The molecule has 1 heterocycles. The summed E-state index contributed by atoms with van der Waals surface area (Å²) in [4.78, 5) is 0. The Morgan fingerprint density at radius 1 is 0.486 bits per heavy atom. The summed E-state index contributed by atoms with van der Waals surface area (Å²) in [7, 11) is -14.0. The molecule has 1 aliphatic heterocycles. The fourth-order valence-electron chi connectivity index (χ4n) is 3.14. The Morgan fingerprint density at radius 3 is 1.14 bits per heavy atom. The first-order chi connectivity index (χ1) is 17.7. The van der Waals surface area contributed by atoms with Crippen LogP contribution < -0.4 is 4.52 Å². The molecule has 16 heteroatoms. The van der Waals surface area contributed by atoms with Crippen molar-refractivity contribution in [2.75, 3.05) is 46.2 Å². The Hall–Kier alpha value is -0.340. The van der Waals surface area contributed by atoms with Crippen molar-refractivity contribution in [1.29, 1.82) is 0 Å². The summed E-state index contributed by atoms with van der Waals surface area (Å²) in [5.74, 6) is 0.547. The van der Waals surface area contributed by atoms with Gasteiger partial charge in [0.05, 0.1) is 46.2 Å². The molecular formula is C21H42N4O8P4. The molecule has 2 rings (SSSR count). The van der Waals surface area contributed by atoms with E-state index in [-0.39, 0.29) is 46.2 Å². The highest BCUT2D eigenvalue weighted by molar-refractivity contribution is 7.78. The molecule has 0 spiro atoms. The molecule has 0 radical (unpaired) electrons. The van der Waals surface area contributed by atoms with Gasteiger partial charge in [0.25, 0.3) is 0 Å². The standard InChI is InChI=1S/C21H42N4O8P4/c1-9-26-34(27-10-2)22-35(28-11-3,29-12-4)24-37(32-15-7,33-21-19-17-16-18-20(21)8)25-36(23-34,30-13-5)31-14-6/h16-19H,9-15H2,1-8H3. The van der Waals surface area contributed by atoms with E-state index in [0.717, 1.165) is 5.56 Å². The molecule has 1 aromatic carbocycles. The van der Waals surface area contributed by atoms with Crippen molar-refractivity contribution in [3.63, 3.8) is 0 Å². The second kappa shape index (κ2) is 15.4.